The quantitative estimate of drug-likeness (QED) is 0.823. The number of nitrogens with one attached hydrogen (secondary N) is 1. The summed E-state index contributed by atoms with van der Waals surface area (Å²) < 4.78 is 27.1. The molecule has 2 aromatic rings. The molecule has 0 aliphatic rings. The number of halogens is 1. The van der Waals surface area contributed by atoms with Crippen LogP contribution in [0.3, 0.4) is 0 Å². The third-order valence-electron chi connectivity index (χ3n) is 3.73. The van der Waals surface area contributed by atoms with E-state index in [0.29, 0.717) is 12.1 Å². The molecular formula is C17H19BrN2O3S. The van der Waals surface area contributed by atoms with E-state index < -0.39 is 10.0 Å². The number of rotatable bonds is 5. The van der Waals surface area contributed by atoms with E-state index in [9.17, 15) is 13.2 Å². The maximum atomic E-state index is 12.7. The molecule has 24 heavy (non-hydrogen) atoms. The van der Waals surface area contributed by atoms with Gasteiger partial charge in [-0.15, -0.1) is 0 Å². The van der Waals surface area contributed by atoms with Gasteiger partial charge in [0.1, 0.15) is 0 Å². The second kappa shape index (κ2) is 7.46. The Morgan fingerprint density at radius 1 is 1.21 bits per heavy atom. The number of benzene rings is 2. The first kappa shape index (κ1) is 18.6. The predicted octanol–water partition coefficient (Wildman–Crippen LogP) is 2.94. The van der Waals surface area contributed by atoms with Crippen LogP contribution in [0.2, 0.25) is 0 Å². The van der Waals surface area contributed by atoms with Gasteiger partial charge in [0.25, 0.3) is 5.91 Å². The number of amides is 1. The molecule has 0 saturated carbocycles. The fraction of sp³-hybridized carbons (Fsp3) is 0.235. The van der Waals surface area contributed by atoms with Crippen LogP contribution in [-0.2, 0) is 16.6 Å². The lowest BCUT2D eigenvalue weighted by Crippen LogP contribution is -2.27. The lowest BCUT2D eigenvalue weighted by molar-refractivity contribution is 0.0784. The van der Waals surface area contributed by atoms with E-state index in [1.807, 2.05) is 24.3 Å². The maximum absolute atomic E-state index is 12.7. The first-order valence-corrected chi connectivity index (χ1v) is 9.57. The summed E-state index contributed by atoms with van der Waals surface area (Å²) in [7, 11) is -0.553. The molecule has 0 atom stereocenters. The van der Waals surface area contributed by atoms with Gasteiger partial charge >= 0.3 is 0 Å². The standard InChI is InChI=1S/C17H19BrN2O3S/c1-12-8-9-14(24(22,23)19-2)10-15(12)17(21)20(3)11-13-6-4-5-7-16(13)18/h4-10,19H,11H2,1-3H3. The zero-order valence-corrected chi connectivity index (χ0v) is 16.1. The van der Waals surface area contributed by atoms with E-state index >= 15 is 0 Å². The number of hydrogen-bond acceptors (Lipinski definition) is 3. The lowest BCUT2D eigenvalue weighted by Gasteiger charge is -2.19. The van der Waals surface area contributed by atoms with Crippen molar-refractivity contribution in [2.24, 2.45) is 0 Å². The molecule has 0 heterocycles. The minimum atomic E-state index is -3.59. The molecular weight excluding hydrogens is 392 g/mol. The van der Waals surface area contributed by atoms with Crippen molar-refractivity contribution in [1.29, 1.82) is 0 Å². The van der Waals surface area contributed by atoms with Crippen molar-refractivity contribution in [2.75, 3.05) is 14.1 Å². The lowest BCUT2D eigenvalue weighted by atomic mass is 10.1. The molecule has 0 aliphatic heterocycles. The van der Waals surface area contributed by atoms with Gasteiger partial charge in [-0.1, -0.05) is 40.2 Å². The smallest absolute Gasteiger partial charge is 0.254 e. The van der Waals surface area contributed by atoms with Crippen molar-refractivity contribution < 1.29 is 13.2 Å². The van der Waals surface area contributed by atoms with Crippen molar-refractivity contribution in [3.05, 3.63) is 63.6 Å². The van der Waals surface area contributed by atoms with E-state index in [1.54, 1.807) is 24.9 Å². The van der Waals surface area contributed by atoms with Crippen molar-refractivity contribution in [1.82, 2.24) is 9.62 Å². The Morgan fingerprint density at radius 3 is 2.50 bits per heavy atom. The van der Waals surface area contributed by atoms with Crippen molar-refractivity contribution in [3.63, 3.8) is 0 Å². The molecule has 0 fully saturated rings. The highest BCUT2D eigenvalue weighted by Gasteiger charge is 2.19. The Morgan fingerprint density at radius 2 is 1.88 bits per heavy atom. The third-order valence-corrected chi connectivity index (χ3v) is 5.92. The molecule has 0 aliphatic carbocycles. The summed E-state index contributed by atoms with van der Waals surface area (Å²) in [5.74, 6) is -0.226. The van der Waals surface area contributed by atoms with Gasteiger partial charge < -0.3 is 4.90 Å². The number of carbonyl (C=O) groups excluding carboxylic acids is 1. The number of aryl methyl sites for hydroxylation is 1. The highest BCUT2D eigenvalue weighted by atomic mass is 79.9. The molecule has 0 spiro atoms. The van der Waals surface area contributed by atoms with Crippen LogP contribution in [0.25, 0.3) is 0 Å². The molecule has 0 radical (unpaired) electrons. The molecule has 2 rings (SSSR count). The third kappa shape index (κ3) is 4.03. The molecule has 128 valence electrons. The second-order valence-electron chi connectivity index (χ2n) is 5.44. The topological polar surface area (TPSA) is 66.5 Å². The normalized spacial score (nSPS) is 11.3. The molecule has 2 aromatic carbocycles. The Balaban J connectivity index is 2.32. The van der Waals surface area contributed by atoms with E-state index in [1.165, 1.54) is 19.2 Å². The largest absolute Gasteiger partial charge is 0.337 e. The van der Waals surface area contributed by atoms with E-state index in [4.69, 9.17) is 0 Å². The van der Waals surface area contributed by atoms with Crippen LogP contribution in [0.5, 0.6) is 0 Å². The molecule has 0 unspecified atom stereocenters. The zero-order chi connectivity index (χ0) is 17.9. The van der Waals surface area contributed by atoms with Gasteiger partial charge in [-0.3, -0.25) is 4.79 Å². The van der Waals surface area contributed by atoms with Gasteiger partial charge in [0.05, 0.1) is 4.90 Å². The van der Waals surface area contributed by atoms with Crippen LogP contribution in [0, 0.1) is 6.92 Å². The van der Waals surface area contributed by atoms with E-state index in [-0.39, 0.29) is 10.8 Å². The Hall–Kier alpha value is -1.70. The highest BCUT2D eigenvalue weighted by Crippen LogP contribution is 2.20. The SMILES string of the molecule is CNS(=O)(=O)c1ccc(C)c(C(=O)N(C)Cc2ccccc2Br)c1. The molecule has 0 saturated heterocycles. The Labute approximate surface area is 150 Å². The van der Waals surface area contributed by atoms with E-state index in [2.05, 4.69) is 20.7 Å². The second-order valence-corrected chi connectivity index (χ2v) is 8.18. The van der Waals surface area contributed by atoms with Crippen molar-refractivity contribution in [3.8, 4) is 0 Å². The summed E-state index contributed by atoms with van der Waals surface area (Å²) >= 11 is 3.47. The highest BCUT2D eigenvalue weighted by molar-refractivity contribution is 9.10. The average Bonchev–Trinajstić information content (AvgIpc) is 2.56. The Bertz CT molecular complexity index is 866. The van der Waals surface area contributed by atoms with Gasteiger partial charge in [0.2, 0.25) is 10.0 Å². The van der Waals surface area contributed by atoms with Crippen LogP contribution in [0.15, 0.2) is 51.8 Å². The van der Waals surface area contributed by atoms with Gasteiger partial charge in [0.15, 0.2) is 0 Å². The number of sulfonamides is 1. The minimum absolute atomic E-state index is 0.0771. The van der Waals surface area contributed by atoms with Crippen LogP contribution in [-0.4, -0.2) is 33.3 Å². The number of nitrogens with zero attached hydrogens (tertiary/aromatic N) is 1. The van der Waals surface area contributed by atoms with Gasteiger partial charge in [-0.25, -0.2) is 13.1 Å². The van der Waals surface area contributed by atoms with Crippen molar-refractivity contribution >= 4 is 31.9 Å². The molecule has 0 bridgehead atoms. The summed E-state index contributed by atoms with van der Waals surface area (Å²) in [4.78, 5) is 14.4. The predicted molar refractivity (Wildman–Crippen MR) is 97.4 cm³/mol. The van der Waals surface area contributed by atoms with Gasteiger partial charge in [-0.2, -0.15) is 0 Å². The van der Waals surface area contributed by atoms with Gasteiger partial charge in [0, 0.05) is 23.6 Å². The first-order chi connectivity index (χ1) is 11.3. The van der Waals surface area contributed by atoms with Crippen LogP contribution >= 0.6 is 15.9 Å². The fourth-order valence-electron chi connectivity index (χ4n) is 2.28. The zero-order valence-electron chi connectivity index (χ0n) is 13.7. The van der Waals surface area contributed by atoms with E-state index in [0.717, 1.165) is 15.6 Å². The van der Waals surface area contributed by atoms with Crippen LogP contribution in [0.1, 0.15) is 21.5 Å². The number of carbonyl (C=O) groups is 1. The average molecular weight is 411 g/mol. The van der Waals surface area contributed by atoms with Crippen LogP contribution < -0.4 is 4.72 Å². The molecule has 1 N–H and O–H groups in total. The summed E-state index contributed by atoms with van der Waals surface area (Å²) in [6, 6.07) is 12.2. The molecule has 5 nitrogen and oxygen atoms in total. The monoisotopic (exact) mass is 410 g/mol. The first-order valence-electron chi connectivity index (χ1n) is 7.29. The summed E-state index contributed by atoms with van der Waals surface area (Å²) in [5, 5.41) is 0. The van der Waals surface area contributed by atoms with Crippen LogP contribution in [0.4, 0.5) is 0 Å². The fourth-order valence-corrected chi connectivity index (χ4v) is 3.44. The molecule has 0 aromatic heterocycles. The minimum Gasteiger partial charge on any atom is -0.337 e. The van der Waals surface area contributed by atoms with Gasteiger partial charge in [-0.05, 0) is 43.3 Å². The summed E-state index contributed by atoms with van der Waals surface area (Å²) in [6.07, 6.45) is 0. The summed E-state index contributed by atoms with van der Waals surface area (Å²) in [5.41, 5.74) is 2.08. The Kier molecular flexibility index (Phi) is 5.79. The molecule has 7 heteroatoms. The maximum Gasteiger partial charge on any atom is 0.254 e. The number of hydrogen-bond donors (Lipinski definition) is 1. The molecule has 1 amide bonds. The summed E-state index contributed by atoms with van der Waals surface area (Å²) in [6.45, 7) is 2.21. The van der Waals surface area contributed by atoms with Crippen molar-refractivity contribution in [2.45, 2.75) is 18.4 Å².